The Kier molecular flexibility index (Phi) is 4.82. The first-order chi connectivity index (χ1) is 7.19. The molecule has 1 aromatic carbocycles. The molecule has 0 atom stereocenters. The molecule has 0 aliphatic heterocycles. The summed E-state index contributed by atoms with van der Waals surface area (Å²) in [5, 5.41) is 0.852. The largest absolute Gasteiger partial charge is 0.469 e. The molecular weight excluding hydrogens is 256 g/mol. The molecule has 2 nitrogen and oxygen atoms in total. The molecule has 0 N–H and O–H groups in total. The number of alkyl halides is 1. The van der Waals surface area contributed by atoms with Crippen molar-refractivity contribution in [2.45, 2.75) is 25.1 Å². The molecule has 82 valence electrons. The van der Waals surface area contributed by atoms with Crippen molar-refractivity contribution < 1.29 is 9.53 Å². The van der Waals surface area contributed by atoms with Crippen molar-refractivity contribution in [3.8, 4) is 0 Å². The molecule has 0 saturated carbocycles. The van der Waals surface area contributed by atoms with E-state index in [9.17, 15) is 4.79 Å². The average molecular weight is 271 g/mol. The lowest BCUT2D eigenvalue weighted by molar-refractivity contribution is -0.140. The highest BCUT2D eigenvalue weighted by Crippen LogP contribution is 2.17. The smallest absolute Gasteiger partial charge is 0.305 e. The van der Waals surface area contributed by atoms with Gasteiger partial charge in [0.25, 0.3) is 0 Å². The van der Waals surface area contributed by atoms with Crippen LogP contribution in [-0.2, 0) is 21.3 Å². The number of carbonyl (C=O) groups excluding carboxylic acids is 1. The van der Waals surface area contributed by atoms with Gasteiger partial charge in [-0.1, -0.05) is 34.1 Å². The third-order valence-electron chi connectivity index (χ3n) is 2.53. The zero-order valence-corrected chi connectivity index (χ0v) is 10.6. The Bertz CT molecular complexity index is 347. The van der Waals surface area contributed by atoms with E-state index in [1.165, 1.54) is 23.8 Å². The monoisotopic (exact) mass is 270 g/mol. The number of rotatable bonds is 4. The van der Waals surface area contributed by atoms with E-state index in [4.69, 9.17) is 0 Å². The van der Waals surface area contributed by atoms with E-state index in [0.717, 1.165) is 11.8 Å². The fourth-order valence-electron chi connectivity index (χ4n) is 1.49. The summed E-state index contributed by atoms with van der Waals surface area (Å²) in [5.74, 6) is -0.154. The van der Waals surface area contributed by atoms with Gasteiger partial charge >= 0.3 is 5.97 Å². The molecule has 0 heterocycles. The van der Waals surface area contributed by atoms with Crippen LogP contribution in [0.5, 0.6) is 0 Å². The zero-order chi connectivity index (χ0) is 11.3. The van der Waals surface area contributed by atoms with Gasteiger partial charge in [0.1, 0.15) is 0 Å². The first kappa shape index (κ1) is 12.2. The van der Waals surface area contributed by atoms with Gasteiger partial charge in [0, 0.05) is 11.8 Å². The summed E-state index contributed by atoms with van der Waals surface area (Å²) in [6, 6.07) is 6.17. The Morgan fingerprint density at radius 3 is 2.67 bits per heavy atom. The number of carbonyl (C=O) groups is 1. The van der Waals surface area contributed by atoms with E-state index in [1.54, 1.807) is 0 Å². The van der Waals surface area contributed by atoms with E-state index < -0.39 is 0 Å². The summed E-state index contributed by atoms with van der Waals surface area (Å²) in [6.07, 6.45) is 1.20. The maximum Gasteiger partial charge on any atom is 0.305 e. The van der Waals surface area contributed by atoms with Crippen LogP contribution >= 0.6 is 15.9 Å². The van der Waals surface area contributed by atoms with Crippen molar-refractivity contribution in [2.24, 2.45) is 0 Å². The normalized spacial score (nSPS) is 10.1. The van der Waals surface area contributed by atoms with Crippen LogP contribution in [0.1, 0.15) is 23.1 Å². The first-order valence-corrected chi connectivity index (χ1v) is 6.01. The third-order valence-corrected chi connectivity index (χ3v) is 3.13. The summed E-state index contributed by atoms with van der Waals surface area (Å²) in [5.41, 5.74) is 3.76. The molecule has 0 aromatic heterocycles. The maximum absolute atomic E-state index is 11.0. The number of halogens is 1. The van der Waals surface area contributed by atoms with Crippen LogP contribution < -0.4 is 0 Å². The Balaban J connectivity index is 2.73. The molecule has 1 rings (SSSR count). The van der Waals surface area contributed by atoms with Crippen LogP contribution in [-0.4, -0.2) is 13.1 Å². The van der Waals surface area contributed by atoms with E-state index in [-0.39, 0.29) is 5.97 Å². The van der Waals surface area contributed by atoms with Gasteiger partial charge in [-0.3, -0.25) is 4.79 Å². The van der Waals surface area contributed by atoms with Crippen LogP contribution in [0.25, 0.3) is 0 Å². The van der Waals surface area contributed by atoms with Gasteiger partial charge < -0.3 is 4.74 Å². The highest BCUT2D eigenvalue weighted by Gasteiger charge is 2.05. The average Bonchev–Trinajstić information content (AvgIpc) is 2.27. The van der Waals surface area contributed by atoms with Crippen LogP contribution in [0.15, 0.2) is 18.2 Å². The lowest BCUT2D eigenvalue weighted by Gasteiger charge is -2.08. The van der Waals surface area contributed by atoms with E-state index in [2.05, 4.69) is 39.7 Å². The maximum atomic E-state index is 11.0. The van der Waals surface area contributed by atoms with Crippen molar-refractivity contribution >= 4 is 21.9 Å². The minimum Gasteiger partial charge on any atom is -0.469 e. The number of ether oxygens (including phenoxy) is 1. The van der Waals surface area contributed by atoms with Gasteiger partial charge in [0.05, 0.1) is 7.11 Å². The Morgan fingerprint density at radius 2 is 2.07 bits per heavy atom. The number of methoxy groups -OCH3 is 1. The highest BCUT2D eigenvalue weighted by molar-refractivity contribution is 9.08. The molecule has 15 heavy (non-hydrogen) atoms. The van der Waals surface area contributed by atoms with Crippen molar-refractivity contribution in [3.05, 3.63) is 34.9 Å². The van der Waals surface area contributed by atoms with Crippen LogP contribution in [0, 0.1) is 6.92 Å². The van der Waals surface area contributed by atoms with Gasteiger partial charge in [-0.2, -0.15) is 0 Å². The molecule has 0 aliphatic carbocycles. The molecule has 0 aliphatic rings. The summed E-state index contributed by atoms with van der Waals surface area (Å²) in [6.45, 7) is 2.09. The van der Waals surface area contributed by atoms with Crippen molar-refractivity contribution in [3.63, 3.8) is 0 Å². The number of benzene rings is 1. The molecule has 0 unspecified atom stereocenters. The molecule has 1 aromatic rings. The van der Waals surface area contributed by atoms with Gasteiger partial charge in [0.15, 0.2) is 0 Å². The molecule has 0 fully saturated rings. The van der Waals surface area contributed by atoms with Crippen molar-refractivity contribution in [2.75, 3.05) is 7.11 Å². The second-order valence-corrected chi connectivity index (χ2v) is 3.97. The molecule has 0 radical (unpaired) electrons. The third kappa shape index (κ3) is 3.34. The first-order valence-electron chi connectivity index (χ1n) is 4.89. The predicted molar refractivity (Wildman–Crippen MR) is 64.1 cm³/mol. The van der Waals surface area contributed by atoms with Gasteiger partial charge in [-0.25, -0.2) is 0 Å². The predicted octanol–water partition coefficient (Wildman–Crippen LogP) is 3.00. The van der Waals surface area contributed by atoms with Crippen molar-refractivity contribution in [1.82, 2.24) is 0 Å². The minimum absolute atomic E-state index is 0.154. The second kappa shape index (κ2) is 5.91. The summed E-state index contributed by atoms with van der Waals surface area (Å²) in [4.78, 5) is 11.0. The number of esters is 1. The zero-order valence-electron chi connectivity index (χ0n) is 9.05. The minimum atomic E-state index is -0.154. The topological polar surface area (TPSA) is 26.3 Å². The molecule has 0 spiro atoms. The Labute approximate surface area is 98.8 Å². The second-order valence-electron chi connectivity index (χ2n) is 3.41. The van der Waals surface area contributed by atoms with Crippen molar-refractivity contribution in [1.29, 1.82) is 0 Å². The summed E-state index contributed by atoms with van der Waals surface area (Å²) in [7, 11) is 1.42. The van der Waals surface area contributed by atoms with E-state index in [1.807, 2.05) is 6.07 Å². The lowest BCUT2D eigenvalue weighted by atomic mass is 10.00. The van der Waals surface area contributed by atoms with E-state index >= 15 is 0 Å². The molecule has 3 heteroatoms. The molecule has 0 bridgehead atoms. The number of hydrogen-bond donors (Lipinski definition) is 0. The number of aryl methyl sites for hydroxylation is 1. The standard InChI is InChI=1S/C12H15BrO2/c1-9-10(6-7-12(14)15-2)4-3-5-11(9)8-13/h3-5H,6-8H2,1-2H3. The van der Waals surface area contributed by atoms with Gasteiger partial charge in [-0.05, 0) is 30.0 Å². The Morgan fingerprint density at radius 1 is 1.40 bits per heavy atom. The summed E-state index contributed by atoms with van der Waals surface area (Å²) < 4.78 is 4.62. The number of hydrogen-bond acceptors (Lipinski definition) is 2. The molecule has 0 saturated heterocycles. The SMILES string of the molecule is COC(=O)CCc1cccc(CBr)c1C. The molecule has 0 amide bonds. The van der Waals surface area contributed by atoms with Crippen LogP contribution in [0.4, 0.5) is 0 Å². The highest BCUT2D eigenvalue weighted by atomic mass is 79.9. The fraction of sp³-hybridized carbons (Fsp3) is 0.417. The summed E-state index contributed by atoms with van der Waals surface area (Å²) >= 11 is 3.44. The van der Waals surface area contributed by atoms with Gasteiger partial charge in [0.2, 0.25) is 0 Å². The quantitative estimate of drug-likeness (QED) is 0.621. The lowest BCUT2D eigenvalue weighted by Crippen LogP contribution is -2.03. The van der Waals surface area contributed by atoms with Gasteiger partial charge in [-0.15, -0.1) is 0 Å². The fourth-order valence-corrected chi connectivity index (χ4v) is 2.10. The molecular formula is C12H15BrO2. The van der Waals surface area contributed by atoms with Crippen LogP contribution in [0.2, 0.25) is 0 Å². The Hall–Kier alpha value is -0.830. The van der Waals surface area contributed by atoms with E-state index in [0.29, 0.717) is 6.42 Å². The van der Waals surface area contributed by atoms with Crippen LogP contribution in [0.3, 0.4) is 0 Å².